The summed E-state index contributed by atoms with van der Waals surface area (Å²) in [7, 11) is 0. The van der Waals surface area contributed by atoms with Crippen molar-refractivity contribution in [2.45, 2.75) is 38.7 Å². The molecule has 2 aromatic carbocycles. The van der Waals surface area contributed by atoms with Crippen LogP contribution in [0.5, 0.6) is 0 Å². The molecule has 11 heteroatoms. The monoisotopic (exact) mass is 527 g/mol. The quantitative estimate of drug-likeness (QED) is 0.346. The molecule has 0 spiro atoms. The van der Waals surface area contributed by atoms with Crippen LogP contribution >= 0.6 is 12.2 Å². The Labute approximate surface area is 216 Å². The molecule has 1 aliphatic rings. The van der Waals surface area contributed by atoms with Gasteiger partial charge in [0, 0.05) is 36.7 Å². The summed E-state index contributed by atoms with van der Waals surface area (Å²) in [4.78, 5) is 19.6. The van der Waals surface area contributed by atoms with Crippen molar-refractivity contribution in [3.05, 3.63) is 89.0 Å². The van der Waals surface area contributed by atoms with E-state index in [1.54, 1.807) is 38.4 Å². The molecule has 3 aromatic rings. The number of carbonyl (C=O) groups excluding carboxylic acids is 1. The number of nitrogens with one attached hydrogen (secondary N) is 1. The highest BCUT2D eigenvalue weighted by atomic mass is 32.1. The lowest BCUT2D eigenvalue weighted by molar-refractivity contribution is -0.137. The minimum absolute atomic E-state index is 0.101. The van der Waals surface area contributed by atoms with Crippen LogP contribution in [0.1, 0.15) is 36.1 Å². The Morgan fingerprint density at radius 1 is 1.05 bits per heavy atom. The molecule has 0 radical (unpaired) electrons. The Morgan fingerprint density at radius 3 is 2.35 bits per heavy atom. The first-order chi connectivity index (χ1) is 17.4. The molecule has 1 saturated heterocycles. The number of rotatable bonds is 6. The fourth-order valence-electron chi connectivity index (χ4n) is 4.12. The summed E-state index contributed by atoms with van der Waals surface area (Å²) < 4.78 is 55.5. The van der Waals surface area contributed by atoms with E-state index >= 15 is 4.39 Å². The predicted molar refractivity (Wildman–Crippen MR) is 134 cm³/mol. The Balaban J connectivity index is 1.60. The Bertz CT molecular complexity index is 1400. The van der Waals surface area contributed by atoms with Gasteiger partial charge in [0.1, 0.15) is 11.4 Å². The molecule has 1 amide bonds. The molecule has 0 atom stereocenters. The third-order valence-electron chi connectivity index (χ3n) is 6.04. The van der Waals surface area contributed by atoms with E-state index in [-0.39, 0.29) is 23.0 Å². The largest absolute Gasteiger partial charge is 0.417 e. The standard InChI is InChI=1S/C26H21F4N5OS/c1-25(2)23(36)34(19-5-3-17(13-31)21(11-19)26(28,29)30)24(37)35(25)20-6-4-18(22(27)12-20)15-33-14-16-7-9-32-10-8-16/h3-12,33H,14-15H2,1-2H3. The average Bonchev–Trinajstić information content (AvgIpc) is 3.03. The molecule has 6 nitrogen and oxygen atoms in total. The van der Waals surface area contributed by atoms with Gasteiger partial charge in [0.2, 0.25) is 0 Å². The average molecular weight is 528 g/mol. The molecule has 0 unspecified atom stereocenters. The second-order valence-corrected chi connectivity index (χ2v) is 9.26. The summed E-state index contributed by atoms with van der Waals surface area (Å²) in [5.74, 6) is -1.11. The van der Waals surface area contributed by atoms with E-state index in [2.05, 4.69) is 10.3 Å². The van der Waals surface area contributed by atoms with Crippen LogP contribution in [0.3, 0.4) is 0 Å². The minimum Gasteiger partial charge on any atom is -0.309 e. The first-order valence-electron chi connectivity index (χ1n) is 11.1. The van der Waals surface area contributed by atoms with Crippen molar-refractivity contribution in [2.75, 3.05) is 9.80 Å². The van der Waals surface area contributed by atoms with Crippen LogP contribution in [0.25, 0.3) is 0 Å². The van der Waals surface area contributed by atoms with E-state index in [4.69, 9.17) is 17.5 Å². The van der Waals surface area contributed by atoms with Gasteiger partial charge < -0.3 is 10.2 Å². The second-order valence-electron chi connectivity index (χ2n) is 8.89. The van der Waals surface area contributed by atoms with E-state index in [1.807, 2.05) is 12.1 Å². The van der Waals surface area contributed by atoms with Crippen molar-refractivity contribution in [1.29, 1.82) is 5.26 Å². The summed E-state index contributed by atoms with van der Waals surface area (Å²) in [5, 5.41) is 12.1. The highest BCUT2D eigenvalue weighted by Crippen LogP contribution is 2.39. The van der Waals surface area contributed by atoms with Crippen LogP contribution in [0.2, 0.25) is 0 Å². The number of pyridine rings is 1. The third-order valence-corrected chi connectivity index (χ3v) is 6.41. The number of halogens is 4. The number of alkyl halides is 3. The number of hydrogen-bond donors (Lipinski definition) is 1. The summed E-state index contributed by atoms with van der Waals surface area (Å²) in [6.45, 7) is 3.87. The molecule has 4 rings (SSSR count). The predicted octanol–water partition coefficient (Wildman–Crippen LogP) is 5.32. The Kier molecular flexibility index (Phi) is 6.99. The zero-order valence-electron chi connectivity index (χ0n) is 19.8. The van der Waals surface area contributed by atoms with E-state index in [0.29, 0.717) is 12.1 Å². The molecular formula is C26H21F4N5OS. The third kappa shape index (κ3) is 5.03. The molecule has 1 aromatic heterocycles. The van der Waals surface area contributed by atoms with Gasteiger partial charge in [-0.25, -0.2) is 4.39 Å². The van der Waals surface area contributed by atoms with E-state index in [0.717, 1.165) is 22.6 Å². The van der Waals surface area contributed by atoms with Crippen LogP contribution in [-0.4, -0.2) is 21.5 Å². The van der Waals surface area contributed by atoms with Gasteiger partial charge in [0.15, 0.2) is 5.11 Å². The summed E-state index contributed by atoms with van der Waals surface area (Å²) in [6, 6.07) is 12.6. The van der Waals surface area contributed by atoms with Crippen LogP contribution in [-0.2, 0) is 24.1 Å². The molecule has 37 heavy (non-hydrogen) atoms. The molecule has 0 bridgehead atoms. The summed E-state index contributed by atoms with van der Waals surface area (Å²) >= 11 is 5.49. The van der Waals surface area contributed by atoms with Gasteiger partial charge in [-0.2, -0.15) is 18.4 Å². The number of benzene rings is 2. The maximum atomic E-state index is 15.0. The Hall–Kier alpha value is -3.88. The van der Waals surface area contributed by atoms with Crippen molar-refractivity contribution in [3.63, 3.8) is 0 Å². The molecular weight excluding hydrogens is 506 g/mol. The molecule has 0 saturated carbocycles. The molecule has 1 fully saturated rings. The SMILES string of the molecule is CC1(C)C(=O)N(c2ccc(C#N)c(C(F)(F)F)c2)C(=S)N1c1ccc(CNCc2ccncc2)c(F)c1. The van der Waals surface area contributed by atoms with Crippen LogP contribution in [0.15, 0.2) is 60.9 Å². The van der Waals surface area contributed by atoms with Crippen molar-refractivity contribution in [2.24, 2.45) is 0 Å². The maximum Gasteiger partial charge on any atom is 0.417 e. The molecule has 1 aliphatic heterocycles. The van der Waals surface area contributed by atoms with Gasteiger partial charge in [-0.15, -0.1) is 0 Å². The lowest BCUT2D eigenvalue weighted by Gasteiger charge is -2.29. The summed E-state index contributed by atoms with van der Waals surface area (Å²) in [5.41, 5.74) is -1.51. The van der Waals surface area contributed by atoms with Gasteiger partial charge >= 0.3 is 6.18 Å². The number of aromatic nitrogens is 1. The van der Waals surface area contributed by atoms with Gasteiger partial charge in [0.05, 0.1) is 22.9 Å². The Morgan fingerprint density at radius 2 is 1.73 bits per heavy atom. The fourth-order valence-corrected chi connectivity index (χ4v) is 4.64. The fraction of sp³-hybridized carbons (Fsp3) is 0.231. The number of amides is 1. The van der Waals surface area contributed by atoms with Crippen LogP contribution < -0.4 is 15.1 Å². The van der Waals surface area contributed by atoms with E-state index in [9.17, 15) is 18.0 Å². The number of thiocarbonyl (C=S) groups is 1. The number of hydrogen-bond acceptors (Lipinski definition) is 5. The molecule has 0 aliphatic carbocycles. The van der Waals surface area contributed by atoms with Crippen molar-refractivity contribution in [1.82, 2.24) is 10.3 Å². The second kappa shape index (κ2) is 9.88. The first-order valence-corrected chi connectivity index (χ1v) is 11.5. The maximum absolute atomic E-state index is 15.0. The highest BCUT2D eigenvalue weighted by molar-refractivity contribution is 7.81. The zero-order chi connectivity index (χ0) is 27.0. The number of nitriles is 1. The molecule has 2 heterocycles. The van der Waals surface area contributed by atoms with E-state index in [1.165, 1.54) is 23.1 Å². The van der Waals surface area contributed by atoms with E-state index < -0.39 is 34.6 Å². The topological polar surface area (TPSA) is 72.3 Å². The number of anilines is 2. The van der Waals surface area contributed by atoms with Crippen molar-refractivity contribution in [3.8, 4) is 6.07 Å². The van der Waals surface area contributed by atoms with Gasteiger partial charge in [0.25, 0.3) is 5.91 Å². The zero-order valence-corrected chi connectivity index (χ0v) is 20.6. The van der Waals surface area contributed by atoms with Gasteiger partial charge in [-0.3, -0.25) is 14.7 Å². The van der Waals surface area contributed by atoms with Crippen LogP contribution in [0.4, 0.5) is 28.9 Å². The van der Waals surface area contributed by atoms with Gasteiger partial charge in [-0.05, 0) is 74.1 Å². The van der Waals surface area contributed by atoms with Gasteiger partial charge in [-0.1, -0.05) is 6.07 Å². The summed E-state index contributed by atoms with van der Waals surface area (Å²) in [6.07, 6.45) is -1.47. The number of nitrogens with zero attached hydrogens (tertiary/aromatic N) is 4. The van der Waals surface area contributed by atoms with Crippen LogP contribution in [0, 0.1) is 17.1 Å². The normalized spacial score (nSPS) is 15.3. The lowest BCUT2D eigenvalue weighted by atomic mass is 10.0. The first kappa shape index (κ1) is 26.2. The molecule has 190 valence electrons. The van der Waals surface area contributed by atoms with Crippen molar-refractivity contribution < 1.29 is 22.4 Å². The smallest absolute Gasteiger partial charge is 0.309 e. The van der Waals surface area contributed by atoms with Crippen molar-refractivity contribution >= 4 is 34.6 Å². The lowest BCUT2D eigenvalue weighted by Crippen LogP contribution is -2.44. The minimum atomic E-state index is -4.80. The molecule has 1 N–H and O–H groups in total. The number of carbonyl (C=O) groups is 1. The highest BCUT2D eigenvalue weighted by Gasteiger charge is 2.50.